The number of aromatic nitrogens is 1. The molecule has 104 valence electrons. The lowest BCUT2D eigenvalue weighted by atomic mass is 9.94. The molecule has 0 aliphatic carbocycles. The van der Waals surface area contributed by atoms with Crippen molar-refractivity contribution in [1.82, 2.24) is 4.98 Å². The number of carbonyl (C=O) groups excluding carboxylic acids is 1. The summed E-state index contributed by atoms with van der Waals surface area (Å²) < 4.78 is 0. The van der Waals surface area contributed by atoms with Gasteiger partial charge in [-0.2, -0.15) is 0 Å². The molecule has 22 heavy (non-hydrogen) atoms. The summed E-state index contributed by atoms with van der Waals surface area (Å²) >= 11 is 0. The van der Waals surface area contributed by atoms with Crippen LogP contribution in [0, 0.1) is 0 Å². The van der Waals surface area contributed by atoms with E-state index < -0.39 is 0 Å². The van der Waals surface area contributed by atoms with Crippen LogP contribution in [0.15, 0.2) is 79.0 Å². The Morgan fingerprint density at radius 1 is 0.727 bits per heavy atom. The summed E-state index contributed by atoms with van der Waals surface area (Å²) in [7, 11) is 0. The molecule has 2 nitrogen and oxygen atoms in total. The molecule has 4 aromatic rings. The Hall–Kier alpha value is -3.00. The fourth-order valence-corrected chi connectivity index (χ4v) is 2.88. The fraction of sp³-hybridized carbons (Fsp3) is 0. The molecule has 4 rings (SSSR count). The zero-order chi connectivity index (χ0) is 14.9. The van der Waals surface area contributed by atoms with E-state index >= 15 is 0 Å². The quantitative estimate of drug-likeness (QED) is 0.397. The molecule has 1 heterocycles. The van der Waals surface area contributed by atoms with Gasteiger partial charge in [0.1, 0.15) is 5.69 Å². The van der Waals surface area contributed by atoms with Crippen molar-refractivity contribution in [2.45, 2.75) is 0 Å². The van der Waals surface area contributed by atoms with Crippen molar-refractivity contribution in [2.75, 3.05) is 0 Å². The van der Waals surface area contributed by atoms with Crippen molar-refractivity contribution in [3.05, 3.63) is 90.3 Å². The van der Waals surface area contributed by atoms with E-state index in [1.54, 1.807) is 12.3 Å². The highest BCUT2D eigenvalue weighted by Gasteiger charge is 2.15. The van der Waals surface area contributed by atoms with Gasteiger partial charge in [-0.3, -0.25) is 9.78 Å². The maximum atomic E-state index is 12.8. The van der Waals surface area contributed by atoms with Gasteiger partial charge in [0.15, 0.2) is 0 Å². The molecule has 0 atom stereocenters. The average molecular weight is 283 g/mol. The summed E-state index contributed by atoms with van der Waals surface area (Å²) in [6, 6.07) is 23.5. The minimum atomic E-state index is -0.0393. The van der Waals surface area contributed by atoms with Gasteiger partial charge in [0.25, 0.3) is 0 Å². The van der Waals surface area contributed by atoms with Gasteiger partial charge < -0.3 is 0 Å². The lowest BCUT2D eigenvalue weighted by molar-refractivity contribution is 0.103. The first-order valence-electron chi connectivity index (χ1n) is 7.21. The standard InChI is InChI=1S/C20H13NO/c22-20(19-11-5-6-12-21-19)18-13-14-7-1-2-8-15(14)16-9-3-4-10-17(16)18/h1-13H. The van der Waals surface area contributed by atoms with Crippen molar-refractivity contribution in [3.8, 4) is 0 Å². The molecule has 0 N–H and O–H groups in total. The van der Waals surface area contributed by atoms with Gasteiger partial charge in [0.2, 0.25) is 5.78 Å². The second kappa shape index (κ2) is 5.08. The molecule has 0 unspecified atom stereocenters. The molecule has 2 heteroatoms. The van der Waals surface area contributed by atoms with E-state index in [9.17, 15) is 4.79 Å². The van der Waals surface area contributed by atoms with Crippen LogP contribution in [-0.4, -0.2) is 10.8 Å². The number of ketones is 1. The van der Waals surface area contributed by atoms with Crippen LogP contribution >= 0.6 is 0 Å². The molecule has 0 fully saturated rings. The molecule has 0 amide bonds. The van der Waals surface area contributed by atoms with Crippen LogP contribution in [0.1, 0.15) is 16.1 Å². The van der Waals surface area contributed by atoms with Crippen LogP contribution in [-0.2, 0) is 0 Å². The van der Waals surface area contributed by atoms with Crippen molar-refractivity contribution in [2.24, 2.45) is 0 Å². The molecule has 1 aromatic heterocycles. The largest absolute Gasteiger partial charge is 0.287 e. The van der Waals surface area contributed by atoms with Gasteiger partial charge in [-0.05, 0) is 39.7 Å². The summed E-state index contributed by atoms with van der Waals surface area (Å²) in [4.78, 5) is 17.0. The lowest BCUT2D eigenvalue weighted by Crippen LogP contribution is -2.04. The summed E-state index contributed by atoms with van der Waals surface area (Å²) in [6.07, 6.45) is 1.65. The zero-order valence-electron chi connectivity index (χ0n) is 11.9. The molecule has 0 spiro atoms. The predicted molar refractivity (Wildman–Crippen MR) is 89.1 cm³/mol. The third-order valence-electron chi connectivity index (χ3n) is 3.91. The molecular formula is C20H13NO. The number of hydrogen-bond acceptors (Lipinski definition) is 2. The number of pyridine rings is 1. The first-order chi connectivity index (χ1) is 10.8. The first-order valence-corrected chi connectivity index (χ1v) is 7.21. The Morgan fingerprint density at radius 3 is 2.18 bits per heavy atom. The number of nitrogens with zero attached hydrogens (tertiary/aromatic N) is 1. The van der Waals surface area contributed by atoms with E-state index in [-0.39, 0.29) is 5.78 Å². The number of hydrogen-bond donors (Lipinski definition) is 0. The molecule has 0 saturated carbocycles. The van der Waals surface area contributed by atoms with Crippen LogP contribution in [0.3, 0.4) is 0 Å². The highest BCUT2D eigenvalue weighted by Crippen LogP contribution is 2.29. The topological polar surface area (TPSA) is 30.0 Å². The van der Waals surface area contributed by atoms with Crippen LogP contribution in [0.25, 0.3) is 21.5 Å². The van der Waals surface area contributed by atoms with Crippen molar-refractivity contribution >= 4 is 27.3 Å². The minimum absolute atomic E-state index is 0.0393. The van der Waals surface area contributed by atoms with E-state index in [2.05, 4.69) is 17.1 Å². The molecular weight excluding hydrogens is 270 g/mol. The SMILES string of the molecule is O=C(c1ccccn1)c1cc2ccccc2c2ccccc12. The van der Waals surface area contributed by atoms with E-state index in [4.69, 9.17) is 0 Å². The lowest BCUT2D eigenvalue weighted by Gasteiger charge is -2.09. The second-order valence-corrected chi connectivity index (χ2v) is 5.23. The van der Waals surface area contributed by atoms with Gasteiger partial charge in [-0.25, -0.2) is 0 Å². The van der Waals surface area contributed by atoms with Gasteiger partial charge in [-0.1, -0.05) is 54.6 Å². The summed E-state index contributed by atoms with van der Waals surface area (Å²) in [5.74, 6) is -0.0393. The van der Waals surface area contributed by atoms with Crippen molar-refractivity contribution in [3.63, 3.8) is 0 Å². The Labute approximate surface area is 128 Å². The fourth-order valence-electron chi connectivity index (χ4n) is 2.88. The van der Waals surface area contributed by atoms with Gasteiger partial charge >= 0.3 is 0 Å². The molecule has 3 aromatic carbocycles. The molecule has 0 aliphatic heterocycles. The smallest absolute Gasteiger partial charge is 0.211 e. The van der Waals surface area contributed by atoms with E-state index in [1.165, 1.54) is 0 Å². The van der Waals surface area contributed by atoms with E-state index in [1.807, 2.05) is 54.6 Å². The van der Waals surface area contributed by atoms with Crippen LogP contribution < -0.4 is 0 Å². The molecule has 0 aliphatic rings. The summed E-state index contributed by atoms with van der Waals surface area (Å²) in [5.41, 5.74) is 1.18. The molecule has 0 bridgehead atoms. The Morgan fingerprint density at radius 2 is 1.41 bits per heavy atom. The summed E-state index contributed by atoms with van der Waals surface area (Å²) in [5, 5.41) is 4.30. The number of rotatable bonds is 2. The van der Waals surface area contributed by atoms with Gasteiger partial charge in [0, 0.05) is 11.8 Å². The Balaban J connectivity index is 2.06. The number of fused-ring (bicyclic) bond motifs is 3. The van der Waals surface area contributed by atoms with Gasteiger partial charge in [0.05, 0.1) is 0 Å². The van der Waals surface area contributed by atoms with Crippen LogP contribution in [0.2, 0.25) is 0 Å². The highest BCUT2D eigenvalue weighted by atomic mass is 16.1. The molecule has 0 saturated heterocycles. The van der Waals surface area contributed by atoms with E-state index in [0.717, 1.165) is 21.5 Å². The average Bonchev–Trinajstić information content (AvgIpc) is 2.61. The first kappa shape index (κ1) is 12.7. The van der Waals surface area contributed by atoms with Crippen LogP contribution in [0.4, 0.5) is 0 Å². The molecule has 0 radical (unpaired) electrons. The van der Waals surface area contributed by atoms with Crippen molar-refractivity contribution in [1.29, 1.82) is 0 Å². The van der Waals surface area contributed by atoms with Gasteiger partial charge in [-0.15, -0.1) is 0 Å². The van der Waals surface area contributed by atoms with Crippen molar-refractivity contribution < 1.29 is 4.79 Å². The summed E-state index contributed by atoms with van der Waals surface area (Å²) in [6.45, 7) is 0. The predicted octanol–water partition coefficient (Wildman–Crippen LogP) is 4.62. The number of carbonyl (C=O) groups is 1. The normalized spacial score (nSPS) is 10.9. The van der Waals surface area contributed by atoms with Crippen LogP contribution in [0.5, 0.6) is 0 Å². The second-order valence-electron chi connectivity index (χ2n) is 5.23. The zero-order valence-corrected chi connectivity index (χ0v) is 11.9. The highest BCUT2D eigenvalue weighted by molar-refractivity contribution is 6.21. The third kappa shape index (κ3) is 1.97. The maximum Gasteiger partial charge on any atom is 0.211 e. The minimum Gasteiger partial charge on any atom is -0.287 e. The Bertz CT molecular complexity index is 990. The van der Waals surface area contributed by atoms with E-state index in [0.29, 0.717) is 11.3 Å². The Kier molecular flexibility index (Phi) is 2.94. The maximum absolute atomic E-state index is 12.8. The monoisotopic (exact) mass is 283 g/mol. The third-order valence-corrected chi connectivity index (χ3v) is 3.91. The number of benzene rings is 3.